The summed E-state index contributed by atoms with van der Waals surface area (Å²) in [5, 5.41) is 2.73. The van der Waals surface area contributed by atoms with Crippen LogP contribution >= 0.6 is 0 Å². The van der Waals surface area contributed by atoms with Crippen LogP contribution in [0.1, 0.15) is 66.0 Å². The molecule has 0 fully saturated rings. The number of hydrogen-bond donors (Lipinski definition) is 2. The molecule has 0 unspecified atom stereocenters. The van der Waals surface area contributed by atoms with E-state index >= 15 is 0 Å². The van der Waals surface area contributed by atoms with Crippen LogP contribution in [0.5, 0.6) is 0 Å². The van der Waals surface area contributed by atoms with Gasteiger partial charge in [0.05, 0.1) is 10.5 Å². The minimum atomic E-state index is -3.83. The quantitative estimate of drug-likeness (QED) is 0.301. The summed E-state index contributed by atoms with van der Waals surface area (Å²) in [6.45, 7) is 8.42. The van der Waals surface area contributed by atoms with Gasteiger partial charge in [-0.05, 0) is 63.8 Å². The Morgan fingerprint density at radius 3 is 2.24 bits per heavy atom. The molecule has 0 saturated heterocycles. The molecule has 2 N–H and O–H groups in total. The van der Waals surface area contributed by atoms with Crippen LogP contribution in [0.3, 0.4) is 0 Å². The lowest BCUT2D eigenvalue weighted by Crippen LogP contribution is -2.40. The van der Waals surface area contributed by atoms with E-state index in [1.807, 2.05) is 12.1 Å². The van der Waals surface area contributed by atoms with Crippen LogP contribution in [0.25, 0.3) is 0 Å². The van der Waals surface area contributed by atoms with E-state index in [1.165, 1.54) is 25.1 Å². The van der Waals surface area contributed by atoms with Crippen molar-refractivity contribution in [1.82, 2.24) is 10.0 Å². The number of aryl methyl sites for hydroxylation is 2. The molecule has 0 heterocycles. The van der Waals surface area contributed by atoms with Crippen LogP contribution in [0.2, 0.25) is 0 Å². The lowest BCUT2D eigenvalue weighted by Gasteiger charge is -2.20. The summed E-state index contributed by atoms with van der Waals surface area (Å²) in [6.07, 6.45) is 1.54. The summed E-state index contributed by atoms with van der Waals surface area (Å²) in [6, 6.07) is 11.2. The monoisotopic (exact) mass is 488 g/mol. The molecule has 0 aliphatic rings. The predicted molar refractivity (Wildman–Crippen MR) is 129 cm³/mol. The molecule has 8 nitrogen and oxygen atoms in total. The predicted octanol–water partition coefficient (Wildman–Crippen LogP) is 3.18. The van der Waals surface area contributed by atoms with Crippen molar-refractivity contribution in [3.63, 3.8) is 0 Å². The number of benzene rings is 2. The van der Waals surface area contributed by atoms with Crippen molar-refractivity contribution in [3.05, 3.63) is 64.7 Å². The minimum absolute atomic E-state index is 0.0552. The van der Waals surface area contributed by atoms with Gasteiger partial charge < -0.3 is 10.1 Å². The highest BCUT2D eigenvalue weighted by Crippen LogP contribution is 2.19. The molecular weight excluding hydrogens is 456 g/mol. The largest absolute Gasteiger partial charge is 0.454 e. The Hall–Kier alpha value is -3.04. The lowest BCUT2D eigenvalue weighted by atomic mass is 10.1. The molecule has 0 aliphatic carbocycles. The van der Waals surface area contributed by atoms with Crippen LogP contribution in [-0.4, -0.2) is 44.8 Å². The number of hydrogen-bond acceptors (Lipinski definition) is 6. The smallest absolute Gasteiger partial charge is 0.338 e. The topological polar surface area (TPSA) is 119 Å². The summed E-state index contributed by atoms with van der Waals surface area (Å²) in [4.78, 5) is 35.9. The lowest BCUT2D eigenvalue weighted by molar-refractivity contribution is -0.118. The van der Waals surface area contributed by atoms with E-state index in [2.05, 4.69) is 10.0 Å². The second kappa shape index (κ2) is 11.4. The Bertz CT molecular complexity index is 1150. The number of amides is 1. The SMILES string of the molecule is CC(=O)NCCCc1ccc(C(=O)COC(=O)c2cc(S(=O)(=O)NC(C)(C)C)ccc2C)cc1. The molecule has 0 atom stereocenters. The van der Waals surface area contributed by atoms with Crippen LogP contribution in [0, 0.1) is 6.92 Å². The average Bonchev–Trinajstić information content (AvgIpc) is 2.73. The van der Waals surface area contributed by atoms with E-state index in [0.717, 1.165) is 18.4 Å². The van der Waals surface area contributed by atoms with E-state index < -0.39 is 28.1 Å². The minimum Gasteiger partial charge on any atom is -0.454 e. The molecule has 0 radical (unpaired) electrons. The van der Waals surface area contributed by atoms with Gasteiger partial charge in [-0.25, -0.2) is 17.9 Å². The Labute approximate surface area is 201 Å². The van der Waals surface area contributed by atoms with Crippen molar-refractivity contribution in [2.24, 2.45) is 0 Å². The zero-order valence-electron chi connectivity index (χ0n) is 20.2. The van der Waals surface area contributed by atoms with Gasteiger partial charge in [-0.1, -0.05) is 30.3 Å². The van der Waals surface area contributed by atoms with Gasteiger partial charge in [0.1, 0.15) is 0 Å². The first-order valence-electron chi connectivity index (χ1n) is 11.0. The van der Waals surface area contributed by atoms with Crippen molar-refractivity contribution in [3.8, 4) is 0 Å². The third kappa shape index (κ3) is 8.39. The fraction of sp³-hybridized carbons (Fsp3) is 0.400. The number of nitrogens with one attached hydrogen (secondary N) is 2. The number of esters is 1. The molecule has 0 bridgehead atoms. The van der Waals surface area contributed by atoms with Gasteiger partial charge in [0.25, 0.3) is 0 Å². The molecule has 9 heteroatoms. The normalized spacial score (nSPS) is 11.7. The maximum absolute atomic E-state index is 12.6. The summed E-state index contributed by atoms with van der Waals surface area (Å²) in [5.74, 6) is -1.21. The fourth-order valence-electron chi connectivity index (χ4n) is 3.16. The van der Waals surface area contributed by atoms with Crippen LogP contribution in [-0.2, 0) is 26.0 Å². The third-order valence-corrected chi connectivity index (χ3v) is 6.56. The molecule has 0 aromatic heterocycles. The number of carbonyl (C=O) groups excluding carboxylic acids is 3. The van der Waals surface area contributed by atoms with Crippen LogP contribution in [0.4, 0.5) is 0 Å². The Kier molecular flexibility index (Phi) is 9.12. The number of sulfonamides is 1. The fourth-order valence-corrected chi connectivity index (χ4v) is 4.60. The number of ether oxygens (including phenoxy) is 1. The van der Waals surface area contributed by atoms with E-state index in [4.69, 9.17) is 4.74 Å². The van der Waals surface area contributed by atoms with E-state index in [9.17, 15) is 22.8 Å². The molecule has 0 aliphatic heterocycles. The number of ketones is 1. The van der Waals surface area contributed by atoms with Gasteiger partial charge in [-0.3, -0.25) is 9.59 Å². The van der Waals surface area contributed by atoms with Crippen molar-refractivity contribution >= 4 is 27.7 Å². The van der Waals surface area contributed by atoms with E-state index in [0.29, 0.717) is 17.7 Å². The van der Waals surface area contributed by atoms with Gasteiger partial charge in [0.15, 0.2) is 12.4 Å². The molecule has 2 aromatic rings. The molecule has 1 amide bonds. The highest BCUT2D eigenvalue weighted by atomic mass is 32.2. The first kappa shape index (κ1) is 27.2. The molecule has 0 spiro atoms. The average molecular weight is 489 g/mol. The highest BCUT2D eigenvalue weighted by Gasteiger charge is 2.24. The molecule has 2 aromatic carbocycles. The molecular formula is C25H32N2O6S. The third-order valence-electron chi connectivity index (χ3n) is 4.81. The standard InChI is InChI=1S/C25H32N2O6S/c1-17-8-13-21(34(31,32)27-25(3,4)5)15-22(17)24(30)33-16-23(29)20-11-9-19(10-12-20)7-6-14-26-18(2)28/h8-13,15,27H,6-7,14,16H2,1-5H3,(H,26,28). The van der Waals surface area contributed by atoms with E-state index in [-0.39, 0.29) is 22.1 Å². The van der Waals surface area contributed by atoms with Crippen molar-refractivity contribution in [1.29, 1.82) is 0 Å². The van der Waals surface area contributed by atoms with Gasteiger partial charge in [-0.15, -0.1) is 0 Å². The number of Topliss-reactive ketones (excluding diaryl/α,β-unsaturated/α-hetero) is 1. The molecule has 2 rings (SSSR count). The summed E-state index contributed by atoms with van der Waals surface area (Å²) < 4.78 is 32.9. The zero-order valence-corrected chi connectivity index (χ0v) is 21.0. The molecule has 34 heavy (non-hydrogen) atoms. The van der Waals surface area contributed by atoms with Gasteiger partial charge in [0.2, 0.25) is 15.9 Å². The Balaban J connectivity index is 2.00. The van der Waals surface area contributed by atoms with Crippen molar-refractivity contribution in [2.75, 3.05) is 13.2 Å². The van der Waals surface area contributed by atoms with Crippen LogP contribution in [0.15, 0.2) is 47.4 Å². The molecule has 184 valence electrons. The maximum atomic E-state index is 12.6. The summed E-state index contributed by atoms with van der Waals surface area (Å²) in [5.41, 5.74) is 1.37. The zero-order chi connectivity index (χ0) is 25.5. The second-order valence-corrected chi connectivity index (χ2v) is 10.8. The molecule has 0 saturated carbocycles. The summed E-state index contributed by atoms with van der Waals surface area (Å²) >= 11 is 0. The van der Waals surface area contributed by atoms with Crippen molar-refractivity contribution < 1.29 is 27.5 Å². The van der Waals surface area contributed by atoms with Gasteiger partial charge in [-0.2, -0.15) is 0 Å². The van der Waals surface area contributed by atoms with Crippen molar-refractivity contribution in [2.45, 2.75) is 57.9 Å². The Morgan fingerprint density at radius 1 is 1.00 bits per heavy atom. The number of rotatable bonds is 10. The van der Waals surface area contributed by atoms with Crippen LogP contribution < -0.4 is 10.0 Å². The van der Waals surface area contributed by atoms with Gasteiger partial charge in [0, 0.05) is 24.6 Å². The summed E-state index contributed by atoms with van der Waals surface area (Å²) in [7, 11) is -3.83. The maximum Gasteiger partial charge on any atom is 0.338 e. The number of carbonyl (C=O) groups is 3. The first-order chi connectivity index (χ1) is 15.8. The Morgan fingerprint density at radius 2 is 1.65 bits per heavy atom. The highest BCUT2D eigenvalue weighted by molar-refractivity contribution is 7.89. The second-order valence-electron chi connectivity index (χ2n) is 9.11. The van der Waals surface area contributed by atoms with E-state index in [1.54, 1.807) is 39.8 Å². The van der Waals surface area contributed by atoms with Gasteiger partial charge >= 0.3 is 5.97 Å². The first-order valence-corrected chi connectivity index (χ1v) is 12.4.